The number of carbonyl (C=O) groups is 2. The van der Waals surface area contributed by atoms with E-state index >= 15 is 0 Å². The highest BCUT2D eigenvalue weighted by Gasteiger charge is 2.40. The van der Waals surface area contributed by atoms with Crippen LogP contribution in [0.2, 0.25) is 0 Å². The van der Waals surface area contributed by atoms with Crippen LogP contribution in [0.3, 0.4) is 0 Å². The second-order valence-electron chi connectivity index (χ2n) is 6.90. The fourth-order valence-corrected chi connectivity index (χ4v) is 3.79. The first-order chi connectivity index (χ1) is 14.5. The number of urea groups is 1. The van der Waals surface area contributed by atoms with Crippen molar-refractivity contribution in [3.63, 3.8) is 0 Å². The van der Waals surface area contributed by atoms with Crippen LogP contribution >= 0.6 is 0 Å². The maximum atomic E-state index is 13.2. The molecule has 2 aliphatic rings. The van der Waals surface area contributed by atoms with E-state index in [4.69, 9.17) is 14.2 Å². The fraction of sp³-hybridized carbons (Fsp3) is 0.286. The van der Waals surface area contributed by atoms with Gasteiger partial charge in [-0.25, -0.2) is 4.79 Å². The van der Waals surface area contributed by atoms with Gasteiger partial charge in [-0.05, 0) is 29.3 Å². The summed E-state index contributed by atoms with van der Waals surface area (Å²) in [6.07, 6.45) is 3.40. The third-order valence-corrected chi connectivity index (χ3v) is 5.14. The number of aromatic nitrogens is 1. The quantitative estimate of drug-likeness (QED) is 0.753. The number of benzene rings is 1. The van der Waals surface area contributed by atoms with Gasteiger partial charge in [0, 0.05) is 18.9 Å². The Balaban J connectivity index is 1.70. The standard InChI is InChI=1S/C21H22N4O5/c1-28-15-7-13(8-16(29-2)19(15)30-3)18-17-14(23-21(27)24-18)11-25(20(17)26)10-12-5-4-6-22-9-12/h4-9,18H,10-11H2,1-3H3,(H2,23,24,27)/t18-/m1/s1. The highest BCUT2D eigenvalue weighted by atomic mass is 16.5. The van der Waals surface area contributed by atoms with Crippen LogP contribution in [-0.2, 0) is 11.3 Å². The van der Waals surface area contributed by atoms with Crippen LogP contribution in [0.4, 0.5) is 4.79 Å². The first-order valence-corrected chi connectivity index (χ1v) is 9.34. The third kappa shape index (κ3) is 3.38. The van der Waals surface area contributed by atoms with Crippen LogP contribution in [0, 0.1) is 0 Å². The molecule has 0 spiro atoms. The van der Waals surface area contributed by atoms with Gasteiger partial charge >= 0.3 is 6.03 Å². The van der Waals surface area contributed by atoms with E-state index in [1.807, 2.05) is 12.1 Å². The van der Waals surface area contributed by atoms with Crippen LogP contribution in [0.1, 0.15) is 17.2 Å². The summed E-state index contributed by atoms with van der Waals surface area (Å²) in [4.78, 5) is 31.3. The number of hydrogen-bond donors (Lipinski definition) is 2. The van der Waals surface area contributed by atoms with Crippen molar-refractivity contribution in [3.8, 4) is 17.2 Å². The lowest BCUT2D eigenvalue weighted by Gasteiger charge is -2.26. The lowest BCUT2D eigenvalue weighted by atomic mass is 9.95. The van der Waals surface area contributed by atoms with Gasteiger partial charge in [0.25, 0.3) is 5.91 Å². The van der Waals surface area contributed by atoms with Crippen LogP contribution in [0.15, 0.2) is 47.9 Å². The van der Waals surface area contributed by atoms with Crippen molar-refractivity contribution in [1.82, 2.24) is 20.5 Å². The van der Waals surface area contributed by atoms with E-state index in [1.165, 1.54) is 21.3 Å². The van der Waals surface area contributed by atoms with Crippen molar-refractivity contribution in [1.29, 1.82) is 0 Å². The molecule has 0 aliphatic carbocycles. The van der Waals surface area contributed by atoms with E-state index in [0.717, 1.165) is 5.56 Å². The van der Waals surface area contributed by atoms with Gasteiger partial charge in [-0.15, -0.1) is 0 Å². The van der Waals surface area contributed by atoms with Crippen LogP contribution < -0.4 is 24.8 Å². The molecule has 0 radical (unpaired) electrons. The number of pyridine rings is 1. The van der Waals surface area contributed by atoms with E-state index in [0.29, 0.717) is 47.2 Å². The second-order valence-corrected chi connectivity index (χ2v) is 6.90. The molecule has 9 heteroatoms. The van der Waals surface area contributed by atoms with Crippen molar-refractivity contribution in [2.24, 2.45) is 0 Å². The van der Waals surface area contributed by atoms with E-state index in [-0.39, 0.29) is 11.9 Å². The fourth-order valence-electron chi connectivity index (χ4n) is 3.79. The maximum absolute atomic E-state index is 13.2. The Morgan fingerprint density at radius 2 is 1.87 bits per heavy atom. The number of hydrogen-bond acceptors (Lipinski definition) is 6. The predicted molar refractivity (Wildman–Crippen MR) is 107 cm³/mol. The summed E-state index contributed by atoms with van der Waals surface area (Å²) in [7, 11) is 4.55. The summed E-state index contributed by atoms with van der Waals surface area (Å²) in [5.41, 5.74) is 2.65. The monoisotopic (exact) mass is 410 g/mol. The van der Waals surface area contributed by atoms with Gasteiger partial charge in [-0.3, -0.25) is 9.78 Å². The van der Waals surface area contributed by atoms with E-state index in [9.17, 15) is 9.59 Å². The summed E-state index contributed by atoms with van der Waals surface area (Å²) in [6.45, 7) is 0.717. The molecule has 30 heavy (non-hydrogen) atoms. The largest absolute Gasteiger partial charge is 0.493 e. The van der Waals surface area contributed by atoms with Gasteiger partial charge in [-0.1, -0.05) is 6.07 Å². The zero-order valence-corrected chi connectivity index (χ0v) is 16.9. The summed E-state index contributed by atoms with van der Waals surface area (Å²) < 4.78 is 16.2. The van der Waals surface area contributed by atoms with Crippen LogP contribution in [0.5, 0.6) is 17.2 Å². The highest BCUT2D eigenvalue weighted by molar-refractivity contribution is 6.01. The molecule has 1 aromatic carbocycles. The smallest absolute Gasteiger partial charge is 0.319 e. The van der Waals surface area contributed by atoms with Crippen LogP contribution in [0.25, 0.3) is 0 Å². The Hall–Kier alpha value is -3.75. The number of nitrogens with zero attached hydrogens (tertiary/aromatic N) is 2. The van der Waals surface area contributed by atoms with Gasteiger partial charge in [0.1, 0.15) is 0 Å². The van der Waals surface area contributed by atoms with Gasteiger partial charge in [0.05, 0.1) is 45.2 Å². The molecule has 1 aromatic heterocycles. The van der Waals surface area contributed by atoms with Crippen molar-refractivity contribution in [2.45, 2.75) is 12.6 Å². The lowest BCUT2D eigenvalue weighted by molar-refractivity contribution is -0.126. The first kappa shape index (κ1) is 19.6. The lowest BCUT2D eigenvalue weighted by Crippen LogP contribution is -2.44. The molecule has 9 nitrogen and oxygen atoms in total. The molecule has 2 N–H and O–H groups in total. The average Bonchev–Trinajstić information content (AvgIpc) is 3.07. The molecule has 3 amide bonds. The Labute approximate surface area is 173 Å². The summed E-state index contributed by atoms with van der Waals surface area (Å²) in [6, 6.07) is 6.19. The topological polar surface area (TPSA) is 102 Å². The third-order valence-electron chi connectivity index (χ3n) is 5.14. The molecule has 2 aliphatic heterocycles. The Bertz CT molecular complexity index is 996. The zero-order valence-electron chi connectivity index (χ0n) is 16.9. The van der Waals surface area contributed by atoms with E-state index < -0.39 is 6.04 Å². The predicted octanol–water partition coefficient (Wildman–Crippen LogP) is 1.76. The molecular weight excluding hydrogens is 388 g/mol. The Kier molecular flexibility index (Phi) is 5.18. The highest BCUT2D eigenvalue weighted by Crippen LogP contribution is 2.42. The van der Waals surface area contributed by atoms with Crippen molar-refractivity contribution < 1.29 is 23.8 Å². The molecule has 0 bridgehead atoms. The van der Waals surface area contributed by atoms with E-state index in [1.54, 1.807) is 29.4 Å². The molecule has 4 rings (SSSR count). The normalized spacial score (nSPS) is 18.0. The number of amides is 3. The van der Waals surface area contributed by atoms with E-state index in [2.05, 4.69) is 15.6 Å². The van der Waals surface area contributed by atoms with Crippen molar-refractivity contribution in [3.05, 3.63) is 59.1 Å². The molecule has 0 saturated heterocycles. The second kappa shape index (κ2) is 7.94. The summed E-state index contributed by atoms with van der Waals surface area (Å²) >= 11 is 0. The minimum Gasteiger partial charge on any atom is -0.493 e. The summed E-state index contributed by atoms with van der Waals surface area (Å²) in [5.74, 6) is 1.17. The SMILES string of the molecule is COc1cc([C@H]2NC(=O)NC3=C2C(=O)N(Cc2cccnc2)C3)cc(OC)c1OC. The number of nitrogens with one attached hydrogen (secondary N) is 2. The Morgan fingerprint density at radius 3 is 2.47 bits per heavy atom. The number of methoxy groups -OCH3 is 3. The molecule has 1 atom stereocenters. The van der Waals surface area contributed by atoms with Gasteiger partial charge in [-0.2, -0.15) is 0 Å². The van der Waals surface area contributed by atoms with Gasteiger partial charge in [0.2, 0.25) is 5.75 Å². The number of ether oxygens (including phenoxy) is 3. The van der Waals surface area contributed by atoms with Crippen molar-refractivity contribution >= 4 is 11.9 Å². The first-order valence-electron chi connectivity index (χ1n) is 9.34. The minimum absolute atomic E-state index is 0.153. The molecule has 0 unspecified atom stereocenters. The molecule has 0 saturated carbocycles. The van der Waals surface area contributed by atoms with Gasteiger partial charge in [0.15, 0.2) is 11.5 Å². The maximum Gasteiger partial charge on any atom is 0.319 e. The van der Waals surface area contributed by atoms with Gasteiger partial charge < -0.3 is 29.7 Å². The molecule has 3 heterocycles. The minimum atomic E-state index is -0.645. The van der Waals surface area contributed by atoms with Crippen LogP contribution in [-0.4, -0.2) is 49.7 Å². The molecule has 156 valence electrons. The zero-order chi connectivity index (χ0) is 21.3. The molecule has 0 fully saturated rings. The molecular formula is C21H22N4O5. The number of rotatable bonds is 6. The average molecular weight is 410 g/mol. The number of carbonyl (C=O) groups excluding carboxylic acids is 2. The van der Waals surface area contributed by atoms with Crippen molar-refractivity contribution in [2.75, 3.05) is 27.9 Å². The molecule has 2 aromatic rings. The summed E-state index contributed by atoms with van der Waals surface area (Å²) in [5, 5.41) is 5.61. The Morgan fingerprint density at radius 1 is 1.13 bits per heavy atom.